The van der Waals surface area contributed by atoms with Crippen LogP contribution in [-0.2, 0) is 0 Å². The molecule has 62 valence electrons. The van der Waals surface area contributed by atoms with Crippen LogP contribution in [0.15, 0.2) is 24.0 Å². The summed E-state index contributed by atoms with van der Waals surface area (Å²) in [7, 11) is -0.118. The van der Waals surface area contributed by atoms with Gasteiger partial charge >= 0.3 is 0 Å². The van der Waals surface area contributed by atoms with Crippen molar-refractivity contribution in [1.82, 2.24) is 0 Å². The number of hydrogen-bond donors (Lipinski definition) is 0. The summed E-state index contributed by atoms with van der Waals surface area (Å²) in [5.74, 6) is 2.84. The van der Waals surface area contributed by atoms with Gasteiger partial charge in [-0.2, -0.15) is 0 Å². The highest BCUT2D eigenvalue weighted by Gasteiger charge is 1.98. The van der Waals surface area contributed by atoms with E-state index >= 15 is 0 Å². The highest BCUT2D eigenvalue weighted by atomic mass is 31.1. The molecule has 2 atom stereocenters. The van der Waals surface area contributed by atoms with Gasteiger partial charge in [0.2, 0.25) is 0 Å². The molecule has 0 saturated carbocycles. The molecule has 0 amide bonds. The predicted octanol–water partition coefficient (Wildman–Crippen LogP) is 3.65. The quantitative estimate of drug-likeness (QED) is 0.445. The van der Waals surface area contributed by atoms with Crippen molar-refractivity contribution >= 4 is 13.8 Å². The molecule has 0 spiro atoms. The van der Waals surface area contributed by atoms with E-state index in [2.05, 4.69) is 45.3 Å². The lowest BCUT2D eigenvalue weighted by Gasteiger charge is -2.02. The third-order valence-electron chi connectivity index (χ3n) is 1.34. The zero-order chi connectivity index (χ0) is 8.85. The molecular weight excluding hydrogens is 151 g/mol. The Morgan fingerprint density at radius 3 is 2.55 bits per heavy atom. The lowest BCUT2D eigenvalue weighted by atomic mass is 10.0. The molecule has 0 aromatic heterocycles. The molecule has 0 heterocycles. The number of rotatable bonds is 4. The van der Waals surface area contributed by atoms with Crippen molar-refractivity contribution in [3.8, 4) is 0 Å². The third-order valence-corrected chi connectivity index (χ3v) is 2.02. The largest absolute Gasteiger partial charge is 0.113 e. The first-order valence-corrected chi connectivity index (χ1v) is 5.92. The van der Waals surface area contributed by atoms with Gasteiger partial charge in [-0.3, -0.25) is 0 Å². The lowest BCUT2D eigenvalue weighted by molar-refractivity contribution is 0.719. The summed E-state index contributed by atoms with van der Waals surface area (Å²) in [6.07, 6.45) is 7.29. The highest BCUT2D eigenvalue weighted by molar-refractivity contribution is 7.58. The van der Waals surface area contributed by atoms with Crippen molar-refractivity contribution in [2.24, 2.45) is 5.92 Å². The van der Waals surface area contributed by atoms with Crippen LogP contribution in [0.25, 0.3) is 0 Å². The molecule has 2 unspecified atom stereocenters. The Bertz CT molecular complexity index is 177. The van der Waals surface area contributed by atoms with Gasteiger partial charge in [0.05, 0.1) is 6.30 Å². The molecule has 1 heteroatoms. The van der Waals surface area contributed by atoms with Crippen LogP contribution in [0.3, 0.4) is 0 Å². The molecule has 0 radical (unpaired) electrons. The van der Waals surface area contributed by atoms with Gasteiger partial charge in [-0.15, -0.1) is 6.58 Å². The Balaban J connectivity index is 3.77. The molecule has 0 aliphatic rings. The van der Waals surface area contributed by atoms with Gasteiger partial charge in [0.25, 0.3) is 0 Å². The first-order valence-electron chi connectivity index (χ1n) is 3.88. The normalized spacial score (nSPS) is 15.0. The summed E-state index contributed by atoms with van der Waals surface area (Å²) in [5, 5.41) is 0. The van der Waals surface area contributed by atoms with Gasteiger partial charge in [0.1, 0.15) is 20.0 Å². The monoisotopic (exact) mass is 169 g/mol. The third kappa shape index (κ3) is 7.55. The molecule has 0 aromatic rings. The smallest absolute Gasteiger partial charge is 0.100 e. The van der Waals surface area contributed by atoms with E-state index in [1.807, 2.05) is 0 Å². The molecule has 0 aromatic carbocycles. The van der Waals surface area contributed by atoms with Crippen molar-refractivity contribution in [3.63, 3.8) is 0 Å². The fourth-order valence-electron chi connectivity index (χ4n) is 0.912. The van der Waals surface area contributed by atoms with E-state index < -0.39 is 0 Å². The van der Waals surface area contributed by atoms with Crippen LogP contribution in [0.1, 0.15) is 20.3 Å². The fourth-order valence-corrected chi connectivity index (χ4v) is 1.50. The van der Waals surface area contributed by atoms with Gasteiger partial charge in [0, 0.05) is 0 Å². The van der Waals surface area contributed by atoms with Crippen molar-refractivity contribution in [1.29, 1.82) is 0 Å². The SMILES string of the molecule is C=C(C)CC(C)C=C[P+](=C)C. The Hall–Kier alpha value is -0.350. The molecule has 0 N–H and O–H groups in total. The summed E-state index contributed by atoms with van der Waals surface area (Å²) in [6.45, 7) is 10.3. The van der Waals surface area contributed by atoms with Crippen LogP contribution >= 0.6 is 7.55 Å². The fraction of sp³-hybridized carbons (Fsp3) is 0.500. The zero-order valence-corrected chi connectivity index (χ0v) is 8.70. The van der Waals surface area contributed by atoms with Crippen molar-refractivity contribution < 1.29 is 0 Å². The molecular formula is C10H18P+. The molecule has 0 aliphatic carbocycles. The summed E-state index contributed by atoms with van der Waals surface area (Å²) in [6, 6.07) is 0. The molecule has 11 heavy (non-hydrogen) atoms. The predicted molar refractivity (Wildman–Crippen MR) is 57.7 cm³/mol. The van der Waals surface area contributed by atoms with Crippen LogP contribution in [0, 0.1) is 5.92 Å². The standard InChI is InChI=1S/C10H18P/c1-9(2)8-10(3)6-7-11(4)5/h6-7,10H,1,4,8H2,2-3,5H3/q+1. The van der Waals surface area contributed by atoms with E-state index in [9.17, 15) is 0 Å². The zero-order valence-electron chi connectivity index (χ0n) is 7.80. The maximum Gasteiger partial charge on any atom is 0.113 e. The van der Waals surface area contributed by atoms with Crippen LogP contribution in [0.2, 0.25) is 0 Å². The number of hydrogen-bond acceptors (Lipinski definition) is 0. The Kier molecular flexibility index (Phi) is 5.15. The Labute approximate surface area is 71.4 Å². The van der Waals surface area contributed by atoms with Crippen LogP contribution in [0.5, 0.6) is 0 Å². The van der Waals surface area contributed by atoms with E-state index in [-0.39, 0.29) is 7.55 Å². The average Bonchev–Trinajstić information content (AvgIpc) is 1.82. The average molecular weight is 169 g/mol. The summed E-state index contributed by atoms with van der Waals surface area (Å²) in [5.41, 5.74) is 1.26. The molecule has 0 nitrogen and oxygen atoms in total. The highest BCUT2D eigenvalue weighted by Crippen LogP contribution is 2.18. The van der Waals surface area contributed by atoms with Crippen LogP contribution in [-0.4, -0.2) is 13.0 Å². The Morgan fingerprint density at radius 1 is 1.64 bits per heavy atom. The van der Waals surface area contributed by atoms with Crippen molar-refractivity contribution in [2.75, 3.05) is 6.66 Å². The minimum absolute atomic E-state index is 0.118. The first kappa shape index (κ1) is 10.7. The van der Waals surface area contributed by atoms with E-state index in [1.54, 1.807) is 0 Å². The second kappa shape index (κ2) is 5.32. The number of allylic oxidation sites excluding steroid dienone is 2. The van der Waals surface area contributed by atoms with Gasteiger partial charge in [-0.05, 0) is 25.3 Å². The van der Waals surface area contributed by atoms with Gasteiger partial charge < -0.3 is 0 Å². The second-order valence-electron chi connectivity index (χ2n) is 3.24. The molecule has 0 fully saturated rings. The van der Waals surface area contributed by atoms with E-state index in [4.69, 9.17) is 0 Å². The summed E-state index contributed by atoms with van der Waals surface area (Å²) in [4.78, 5) is 0. The molecule has 0 bridgehead atoms. The topological polar surface area (TPSA) is 0 Å². The van der Waals surface area contributed by atoms with E-state index in [0.29, 0.717) is 5.92 Å². The van der Waals surface area contributed by atoms with Crippen molar-refractivity contribution in [3.05, 3.63) is 24.0 Å². The maximum absolute atomic E-state index is 3.95. The molecule has 0 aliphatic heterocycles. The summed E-state index contributed by atoms with van der Waals surface area (Å²) < 4.78 is 0. The Morgan fingerprint density at radius 2 is 2.18 bits per heavy atom. The summed E-state index contributed by atoms with van der Waals surface area (Å²) >= 11 is 0. The van der Waals surface area contributed by atoms with Crippen LogP contribution in [0.4, 0.5) is 0 Å². The van der Waals surface area contributed by atoms with Gasteiger partial charge in [0.15, 0.2) is 0 Å². The molecule has 0 rings (SSSR count). The van der Waals surface area contributed by atoms with E-state index in [1.165, 1.54) is 5.57 Å². The van der Waals surface area contributed by atoms with Gasteiger partial charge in [-0.1, -0.05) is 12.5 Å². The maximum atomic E-state index is 3.95. The van der Waals surface area contributed by atoms with Crippen molar-refractivity contribution in [2.45, 2.75) is 20.3 Å². The minimum Gasteiger partial charge on any atom is -0.100 e. The minimum atomic E-state index is -0.118. The first-order chi connectivity index (χ1) is 5.02. The lowest BCUT2D eigenvalue weighted by Crippen LogP contribution is -1.88. The molecule has 0 saturated heterocycles. The second-order valence-corrected chi connectivity index (χ2v) is 5.05. The van der Waals surface area contributed by atoms with E-state index in [0.717, 1.165) is 6.42 Å². The van der Waals surface area contributed by atoms with Gasteiger partial charge in [-0.25, -0.2) is 0 Å². The van der Waals surface area contributed by atoms with Crippen LogP contribution < -0.4 is 0 Å².